The second-order valence-electron chi connectivity index (χ2n) is 4.84. The molecular formula is C13H19NO2. The molecule has 1 aliphatic rings. The zero-order valence-corrected chi connectivity index (χ0v) is 10.1. The first-order chi connectivity index (χ1) is 7.61. The average Bonchev–Trinajstić information content (AvgIpc) is 2.29. The lowest BCUT2D eigenvalue weighted by molar-refractivity contribution is -0.0229. The predicted octanol–water partition coefficient (Wildman–Crippen LogP) is 2.13. The van der Waals surface area contributed by atoms with Gasteiger partial charge in [-0.2, -0.15) is 0 Å². The molecule has 0 aromatic heterocycles. The highest BCUT2D eigenvalue weighted by molar-refractivity contribution is 5.29. The van der Waals surface area contributed by atoms with Gasteiger partial charge in [0.25, 0.3) is 0 Å². The number of morpholine rings is 1. The van der Waals surface area contributed by atoms with Crippen LogP contribution in [0.15, 0.2) is 24.3 Å². The number of rotatable bonds is 2. The summed E-state index contributed by atoms with van der Waals surface area (Å²) in [6, 6.07) is 8.06. The van der Waals surface area contributed by atoms with Gasteiger partial charge in [0, 0.05) is 12.1 Å². The first-order valence-corrected chi connectivity index (χ1v) is 5.61. The molecule has 1 aliphatic heterocycles. The summed E-state index contributed by atoms with van der Waals surface area (Å²) in [5.41, 5.74) is 1.28. The Balaban J connectivity index is 2.03. The summed E-state index contributed by atoms with van der Waals surface area (Å²) in [5, 5.41) is 3.48. The number of methoxy groups -OCH3 is 1. The van der Waals surface area contributed by atoms with Crippen molar-refractivity contribution in [3.05, 3.63) is 29.8 Å². The molecule has 0 amide bonds. The first kappa shape index (κ1) is 11.4. The van der Waals surface area contributed by atoms with Crippen molar-refractivity contribution in [2.45, 2.75) is 25.5 Å². The summed E-state index contributed by atoms with van der Waals surface area (Å²) >= 11 is 0. The van der Waals surface area contributed by atoms with Crippen LogP contribution >= 0.6 is 0 Å². The van der Waals surface area contributed by atoms with E-state index in [9.17, 15) is 0 Å². The Hall–Kier alpha value is -1.06. The summed E-state index contributed by atoms with van der Waals surface area (Å²) in [4.78, 5) is 0. The van der Waals surface area contributed by atoms with Gasteiger partial charge in [0.2, 0.25) is 0 Å². The summed E-state index contributed by atoms with van der Waals surface area (Å²) in [6.45, 7) is 5.90. The van der Waals surface area contributed by atoms with Gasteiger partial charge in [-0.25, -0.2) is 0 Å². The van der Waals surface area contributed by atoms with E-state index in [1.54, 1.807) is 7.11 Å². The fraction of sp³-hybridized carbons (Fsp3) is 0.538. The Morgan fingerprint density at radius 2 is 2.00 bits per heavy atom. The van der Waals surface area contributed by atoms with Crippen LogP contribution in [0.2, 0.25) is 0 Å². The Morgan fingerprint density at radius 1 is 1.31 bits per heavy atom. The SMILES string of the molecule is COc1ccc(C2CNC(C)(C)CO2)cc1. The molecular weight excluding hydrogens is 202 g/mol. The largest absolute Gasteiger partial charge is 0.497 e. The van der Waals surface area contributed by atoms with Crippen LogP contribution in [0.1, 0.15) is 25.5 Å². The van der Waals surface area contributed by atoms with Gasteiger partial charge >= 0.3 is 0 Å². The maximum absolute atomic E-state index is 5.85. The molecule has 1 saturated heterocycles. The second kappa shape index (κ2) is 4.44. The summed E-state index contributed by atoms with van der Waals surface area (Å²) in [7, 11) is 1.68. The van der Waals surface area contributed by atoms with E-state index in [2.05, 4.69) is 31.3 Å². The van der Waals surface area contributed by atoms with Crippen molar-refractivity contribution >= 4 is 0 Å². The van der Waals surface area contributed by atoms with Crippen LogP contribution in [-0.2, 0) is 4.74 Å². The van der Waals surface area contributed by atoms with Crippen LogP contribution in [0.25, 0.3) is 0 Å². The summed E-state index contributed by atoms with van der Waals surface area (Å²) in [6.07, 6.45) is 0.152. The first-order valence-electron chi connectivity index (χ1n) is 5.61. The van der Waals surface area contributed by atoms with Crippen molar-refractivity contribution in [2.75, 3.05) is 20.3 Å². The summed E-state index contributed by atoms with van der Waals surface area (Å²) in [5.74, 6) is 0.882. The second-order valence-corrected chi connectivity index (χ2v) is 4.84. The van der Waals surface area contributed by atoms with Crippen molar-refractivity contribution in [3.8, 4) is 5.75 Å². The van der Waals surface area contributed by atoms with E-state index >= 15 is 0 Å². The van der Waals surface area contributed by atoms with Crippen LogP contribution in [0.5, 0.6) is 5.75 Å². The number of hydrogen-bond acceptors (Lipinski definition) is 3. The lowest BCUT2D eigenvalue weighted by Crippen LogP contribution is -2.50. The monoisotopic (exact) mass is 221 g/mol. The molecule has 88 valence electrons. The minimum absolute atomic E-state index is 0.0863. The number of ether oxygens (including phenoxy) is 2. The van der Waals surface area contributed by atoms with Gasteiger partial charge < -0.3 is 14.8 Å². The standard InChI is InChI=1S/C13H19NO2/c1-13(2)9-16-12(8-14-13)10-4-6-11(15-3)7-5-10/h4-7,12,14H,8-9H2,1-3H3. The third kappa shape index (κ3) is 2.54. The molecule has 0 spiro atoms. The van der Waals surface area contributed by atoms with Crippen molar-refractivity contribution in [1.29, 1.82) is 0 Å². The molecule has 1 atom stereocenters. The third-order valence-electron chi connectivity index (χ3n) is 2.90. The highest BCUT2D eigenvalue weighted by Gasteiger charge is 2.27. The summed E-state index contributed by atoms with van der Waals surface area (Å²) < 4.78 is 11.0. The van der Waals surface area contributed by atoms with Gasteiger partial charge in [-0.1, -0.05) is 12.1 Å². The molecule has 0 saturated carbocycles. The van der Waals surface area contributed by atoms with Crippen LogP contribution in [-0.4, -0.2) is 25.8 Å². The van der Waals surface area contributed by atoms with Gasteiger partial charge in [0.05, 0.1) is 19.8 Å². The van der Waals surface area contributed by atoms with Gasteiger partial charge in [0.1, 0.15) is 5.75 Å². The fourth-order valence-electron chi connectivity index (χ4n) is 1.82. The van der Waals surface area contributed by atoms with Gasteiger partial charge in [-0.05, 0) is 31.5 Å². The molecule has 0 bridgehead atoms. The third-order valence-corrected chi connectivity index (χ3v) is 2.90. The van der Waals surface area contributed by atoms with E-state index in [0.717, 1.165) is 18.9 Å². The van der Waals surface area contributed by atoms with E-state index in [1.807, 2.05) is 12.1 Å². The van der Waals surface area contributed by atoms with Gasteiger partial charge in [-0.15, -0.1) is 0 Å². The van der Waals surface area contributed by atoms with Crippen LogP contribution in [0.3, 0.4) is 0 Å². The predicted molar refractivity (Wildman–Crippen MR) is 63.8 cm³/mol. The lowest BCUT2D eigenvalue weighted by atomic mass is 10.0. The normalized spacial score (nSPS) is 24.1. The molecule has 1 fully saturated rings. The number of nitrogens with one attached hydrogen (secondary N) is 1. The quantitative estimate of drug-likeness (QED) is 0.830. The fourth-order valence-corrected chi connectivity index (χ4v) is 1.82. The molecule has 1 unspecified atom stereocenters. The minimum atomic E-state index is 0.0863. The minimum Gasteiger partial charge on any atom is -0.497 e. The Morgan fingerprint density at radius 3 is 2.50 bits per heavy atom. The van der Waals surface area contributed by atoms with Crippen molar-refractivity contribution in [1.82, 2.24) is 5.32 Å². The molecule has 3 heteroatoms. The maximum Gasteiger partial charge on any atom is 0.118 e. The molecule has 1 aromatic rings. The average molecular weight is 221 g/mol. The zero-order chi connectivity index (χ0) is 11.6. The molecule has 3 nitrogen and oxygen atoms in total. The molecule has 1 N–H and O–H groups in total. The Kier molecular flexibility index (Phi) is 3.17. The van der Waals surface area contributed by atoms with E-state index in [0.29, 0.717) is 0 Å². The molecule has 1 heterocycles. The van der Waals surface area contributed by atoms with E-state index < -0.39 is 0 Å². The molecule has 0 aliphatic carbocycles. The van der Waals surface area contributed by atoms with E-state index in [1.165, 1.54) is 5.56 Å². The van der Waals surface area contributed by atoms with E-state index in [-0.39, 0.29) is 11.6 Å². The highest BCUT2D eigenvalue weighted by Crippen LogP contribution is 2.24. The van der Waals surface area contributed by atoms with Crippen molar-refractivity contribution in [2.24, 2.45) is 0 Å². The van der Waals surface area contributed by atoms with Crippen LogP contribution < -0.4 is 10.1 Å². The Bertz CT molecular complexity index is 335. The Labute approximate surface area is 96.8 Å². The lowest BCUT2D eigenvalue weighted by Gasteiger charge is -2.36. The molecule has 16 heavy (non-hydrogen) atoms. The van der Waals surface area contributed by atoms with Crippen molar-refractivity contribution < 1.29 is 9.47 Å². The topological polar surface area (TPSA) is 30.5 Å². The molecule has 1 aromatic carbocycles. The van der Waals surface area contributed by atoms with Gasteiger partial charge in [0.15, 0.2) is 0 Å². The molecule has 0 radical (unpaired) electrons. The van der Waals surface area contributed by atoms with E-state index in [4.69, 9.17) is 9.47 Å². The molecule has 2 rings (SSSR count). The van der Waals surface area contributed by atoms with Crippen LogP contribution in [0.4, 0.5) is 0 Å². The van der Waals surface area contributed by atoms with Gasteiger partial charge in [-0.3, -0.25) is 0 Å². The smallest absolute Gasteiger partial charge is 0.118 e. The maximum atomic E-state index is 5.85. The van der Waals surface area contributed by atoms with Crippen LogP contribution in [0, 0.1) is 0 Å². The number of hydrogen-bond donors (Lipinski definition) is 1. The number of benzene rings is 1. The highest BCUT2D eigenvalue weighted by atomic mass is 16.5. The zero-order valence-electron chi connectivity index (χ0n) is 10.1. The van der Waals surface area contributed by atoms with Crippen molar-refractivity contribution in [3.63, 3.8) is 0 Å².